The van der Waals surface area contributed by atoms with E-state index in [2.05, 4.69) is 15.6 Å². The molecule has 0 saturated carbocycles. The molecule has 0 aromatic carbocycles. The van der Waals surface area contributed by atoms with Crippen LogP contribution in [-0.2, 0) is 9.53 Å². The first-order valence-electron chi connectivity index (χ1n) is 8.52. The van der Waals surface area contributed by atoms with Gasteiger partial charge >= 0.3 is 3.93 Å². The molecular formula is C18H21F2IN4O3. The Morgan fingerprint density at radius 1 is 1.39 bits per heavy atom. The Kier molecular flexibility index (Phi) is 7.07. The van der Waals surface area contributed by atoms with Gasteiger partial charge in [-0.25, -0.2) is 4.98 Å². The third-order valence-electron chi connectivity index (χ3n) is 3.74. The Hall–Kier alpha value is -2.11. The quantitative estimate of drug-likeness (QED) is 0.272. The van der Waals surface area contributed by atoms with E-state index >= 15 is 0 Å². The first-order valence-corrected chi connectivity index (χ1v) is 9.60. The summed E-state index contributed by atoms with van der Waals surface area (Å²) >= 11 is 0.982. The van der Waals surface area contributed by atoms with E-state index in [1.807, 2.05) is 0 Å². The van der Waals surface area contributed by atoms with E-state index < -0.39 is 22.4 Å². The Morgan fingerprint density at radius 3 is 2.68 bits per heavy atom. The Morgan fingerprint density at radius 2 is 2.07 bits per heavy atom. The zero-order valence-electron chi connectivity index (χ0n) is 15.6. The normalized spacial score (nSPS) is 15.7. The highest BCUT2D eigenvalue weighted by Crippen LogP contribution is 2.33. The number of nitrogens with zero attached hydrogens (tertiary/aromatic N) is 1. The second kappa shape index (κ2) is 8.93. The molecule has 0 spiro atoms. The number of hydrogen-bond acceptors (Lipinski definition) is 5. The minimum Gasteiger partial charge on any atom is -0.490 e. The number of rotatable bonds is 9. The van der Waals surface area contributed by atoms with Crippen LogP contribution in [0.5, 0.6) is 0 Å². The summed E-state index contributed by atoms with van der Waals surface area (Å²) < 4.78 is 27.5. The van der Waals surface area contributed by atoms with Gasteiger partial charge in [-0.2, -0.15) is 8.78 Å². The van der Waals surface area contributed by atoms with Crippen LogP contribution in [0.25, 0.3) is 0 Å². The number of carbonyl (C=O) groups is 2. The van der Waals surface area contributed by atoms with Gasteiger partial charge in [-0.1, -0.05) is 13.8 Å². The summed E-state index contributed by atoms with van der Waals surface area (Å²) in [6, 6.07) is 3.02. The van der Waals surface area contributed by atoms with Crippen LogP contribution in [0.4, 0.5) is 14.6 Å². The topological polar surface area (TPSA) is 104 Å². The number of pyridine rings is 1. The second-order valence-electron chi connectivity index (χ2n) is 6.68. The van der Waals surface area contributed by atoms with Crippen molar-refractivity contribution in [1.29, 1.82) is 5.41 Å². The van der Waals surface area contributed by atoms with E-state index in [9.17, 15) is 18.4 Å². The fourth-order valence-electron chi connectivity index (χ4n) is 2.21. The highest BCUT2D eigenvalue weighted by atomic mass is 127. The monoisotopic (exact) mass is 506 g/mol. The first-order chi connectivity index (χ1) is 13.0. The number of anilines is 1. The minimum absolute atomic E-state index is 0.0530. The van der Waals surface area contributed by atoms with Gasteiger partial charge in [0.05, 0.1) is 12.5 Å². The maximum absolute atomic E-state index is 12.8. The largest absolute Gasteiger partial charge is 0.490 e. The predicted octanol–water partition coefficient (Wildman–Crippen LogP) is 3.29. The molecule has 152 valence electrons. The third-order valence-corrected chi connectivity index (χ3v) is 4.05. The summed E-state index contributed by atoms with van der Waals surface area (Å²) in [6.07, 6.45) is 1.55. The van der Waals surface area contributed by atoms with Gasteiger partial charge in [0.2, 0.25) is 5.91 Å². The lowest BCUT2D eigenvalue weighted by Crippen LogP contribution is -2.31. The summed E-state index contributed by atoms with van der Waals surface area (Å²) in [4.78, 5) is 28.3. The predicted molar refractivity (Wildman–Crippen MR) is 109 cm³/mol. The van der Waals surface area contributed by atoms with Crippen LogP contribution in [-0.4, -0.2) is 39.6 Å². The molecule has 1 atom stereocenters. The number of aromatic nitrogens is 1. The molecule has 2 amide bonds. The fraction of sp³-hybridized carbons (Fsp3) is 0.444. The minimum atomic E-state index is -2.97. The molecule has 1 aliphatic carbocycles. The van der Waals surface area contributed by atoms with Crippen molar-refractivity contribution in [3.8, 4) is 0 Å². The standard InChI is InChI=1S/C18H21F2IN4O3/c1-9(2)16(26)25-15-5-11(4-10(3)24-15)17(27)23-7-13(22)12-6-14(12)28-8-18(19,20)21/h4-6,9,12,22H,7-8H2,1-3H3,(H,23,27)(H,24,25,26). The first kappa shape index (κ1) is 22.2. The Labute approximate surface area is 175 Å². The van der Waals surface area contributed by atoms with Crippen LogP contribution < -0.4 is 10.6 Å². The van der Waals surface area contributed by atoms with Crippen molar-refractivity contribution >= 4 is 45.9 Å². The van der Waals surface area contributed by atoms with E-state index in [1.165, 1.54) is 6.07 Å². The number of alkyl halides is 3. The number of amides is 2. The molecular weight excluding hydrogens is 485 g/mol. The van der Waals surface area contributed by atoms with Crippen molar-refractivity contribution in [2.75, 3.05) is 18.5 Å². The van der Waals surface area contributed by atoms with Crippen LogP contribution in [0.15, 0.2) is 24.0 Å². The lowest BCUT2D eigenvalue weighted by Gasteiger charge is -2.11. The summed E-state index contributed by atoms with van der Waals surface area (Å²) in [5.74, 6) is -0.742. The average Bonchev–Trinajstić information content (AvgIpc) is 3.36. The average molecular weight is 506 g/mol. The van der Waals surface area contributed by atoms with Crippen LogP contribution in [0.3, 0.4) is 0 Å². The van der Waals surface area contributed by atoms with Gasteiger partial charge < -0.3 is 20.8 Å². The number of aryl methyl sites for hydroxylation is 1. The summed E-state index contributed by atoms with van der Waals surface area (Å²) in [7, 11) is 0. The lowest BCUT2D eigenvalue weighted by molar-refractivity contribution is -0.118. The van der Waals surface area contributed by atoms with Gasteiger partial charge in [-0.3, -0.25) is 9.59 Å². The zero-order valence-corrected chi connectivity index (χ0v) is 17.8. The van der Waals surface area contributed by atoms with E-state index in [0.29, 0.717) is 17.0 Å². The molecule has 1 aromatic heterocycles. The van der Waals surface area contributed by atoms with E-state index in [4.69, 9.17) is 10.1 Å². The molecule has 0 fully saturated rings. The van der Waals surface area contributed by atoms with Crippen molar-refractivity contribution < 1.29 is 23.1 Å². The maximum atomic E-state index is 12.8. The number of ether oxygens (including phenoxy) is 1. The van der Waals surface area contributed by atoms with Crippen molar-refractivity contribution in [2.45, 2.75) is 24.7 Å². The van der Waals surface area contributed by atoms with Gasteiger partial charge in [0.1, 0.15) is 11.6 Å². The molecule has 28 heavy (non-hydrogen) atoms. The van der Waals surface area contributed by atoms with Crippen molar-refractivity contribution in [2.24, 2.45) is 11.8 Å². The molecule has 10 heteroatoms. The van der Waals surface area contributed by atoms with Crippen LogP contribution >= 0.6 is 22.6 Å². The van der Waals surface area contributed by atoms with Gasteiger partial charge in [-0.15, -0.1) is 0 Å². The molecule has 1 heterocycles. The van der Waals surface area contributed by atoms with E-state index in [1.54, 1.807) is 32.9 Å². The van der Waals surface area contributed by atoms with Crippen LogP contribution in [0.1, 0.15) is 29.9 Å². The van der Waals surface area contributed by atoms with Gasteiger partial charge in [0, 0.05) is 45.5 Å². The summed E-state index contributed by atoms with van der Waals surface area (Å²) in [5.41, 5.74) is 0.990. The molecule has 0 saturated heterocycles. The molecule has 3 N–H and O–H groups in total. The van der Waals surface area contributed by atoms with Gasteiger partial charge in [0.15, 0.2) is 6.61 Å². The third kappa shape index (κ3) is 6.80. The van der Waals surface area contributed by atoms with Crippen LogP contribution in [0, 0.1) is 24.2 Å². The number of carbonyl (C=O) groups excluding carboxylic acids is 2. The van der Waals surface area contributed by atoms with Gasteiger partial charge in [0.25, 0.3) is 5.91 Å². The SMILES string of the molecule is Cc1cc(C(=O)NCC(=N)C2C=C2OCC(F)(F)I)cc(NC(=O)C(C)C)n1. The molecule has 0 radical (unpaired) electrons. The smallest absolute Gasteiger partial charge is 0.329 e. The summed E-state index contributed by atoms with van der Waals surface area (Å²) in [5, 5.41) is 13.2. The molecule has 1 aliphatic rings. The molecule has 0 bridgehead atoms. The molecule has 0 aliphatic heterocycles. The van der Waals surface area contributed by atoms with Crippen molar-refractivity contribution in [3.63, 3.8) is 0 Å². The number of hydrogen-bond donors (Lipinski definition) is 3. The second-order valence-corrected chi connectivity index (χ2v) is 8.26. The Balaban J connectivity index is 1.87. The van der Waals surface area contributed by atoms with E-state index in [-0.39, 0.29) is 29.9 Å². The lowest BCUT2D eigenvalue weighted by atomic mass is 10.1. The number of halogens is 3. The zero-order chi connectivity index (χ0) is 21.1. The number of nitrogens with one attached hydrogen (secondary N) is 3. The van der Waals surface area contributed by atoms with Crippen molar-refractivity contribution in [1.82, 2.24) is 10.3 Å². The molecule has 1 aromatic rings. The maximum Gasteiger partial charge on any atom is 0.329 e. The molecule has 7 nitrogen and oxygen atoms in total. The van der Waals surface area contributed by atoms with E-state index in [0.717, 1.165) is 22.6 Å². The molecule has 2 rings (SSSR count). The van der Waals surface area contributed by atoms with Crippen LogP contribution in [0.2, 0.25) is 0 Å². The summed E-state index contributed by atoms with van der Waals surface area (Å²) in [6.45, 7) is 4.38. The molecule has 1 unspecified atom stereocenters. The highest BCUT2D eigenvalue weighted by Gasteiger charge is 2.34. The highest BCUT2D eigenvalue weighted by molar-refractivity contribution is 14.1. The number of allylic oxidation sites excluding steroid dienone is 2. The van der Waals surface area contributed by atoms with Gasteiger partial charge in [-0.05, 0) is 25.1 Å². The Bertz CT molecular complexity index is 822. The van der Waals surface area contributed by atoms with Crippen molar-refractivity contribution in [3.05, 3.63) is 35.2 Å². The fourth-order valence-corrected chi connectivity index (χ4v) is 2.37.